The molecule has 1 fully saturated rings. The van der Waals surface area contributed by atoms with Crippen LogP contribution >= 0.6 is 0 Å². The molecule has 1 heterocycles. The molecule has 0 unspecified atom stereocenters. The molecule has 0 spiro atoms. The average Bonchev–Trinajstić information content (AvgIpc) is 3.22. The number of rotatable bonds is 8. The zero-order chi connectivity index (χ0) is 15.4. The molecule has 2 aromatic rings. The summed E-state index contributed by atoms with van der Waals surface area (Å²) in [5.41, 5.74) is 3.52. The second-order valence-corrected chi connectivity index (χ2v) is 6.20. The molecule has 1 aromatic carbocycles. The summed E-state index contributed by atoms with van der Waals surface area (Å²) >= 11 is 0. The first kappa shape index (κ1) is 15.1. The third-order valence-electron chi connectivity index (χ3n) is 4.02. The molecule has 0 atom stereocenters. The first-order valence-electron chi connectivity index (χ1n) is 8.24. The van der Waals surface area contributed by atoms with Crippen molar-refractivity contribution in [3.63, 3.8) is 0 Å². The third kappa shape index (κ3) is 3.89. The van der Waals surface area contributed by atoms with Gasteiger partial charge in [0.15, 0.2) is 0 Å². The first-order valence-corrected chi connectivity index (χ1v) is 8.24. The van der Waals surface area contributed by atoms with E-state index in [0.717, 1.165) is 24.5 Å². The highest BCUT2D eigenvalue weighted by molar-refractivity contribution is 5.63. The monoisotopic (exact) mass is 299 g/mol. The maximum absolute atomic E-state index is 5.80. The van der Waals surface area contributed by atoms with Gasteiger partial charge in [-0.1, -0.05) is 13.3 Å². The number of H-pyrrole nitrogens is 1. The maximum Gasteiger partial charge on any atom is 0.119 e. The zero-order valence-corrected chi connectivity index (χ0v) is 13.5. The van der Waals surface area contributed by atoms with E-state index in [2.05, 4.69) is 53.3 Å². The topological polar surface area (TPSA) is 41.2 Å². The van der Waals surface area contributed by atoms with Gasteiger partial charge in [0, 0.05) is 17.7 Å². The van der Waals surface area contributed by atoms with Crippen LogP contribution in [-0.2, 0) is 6.54 Å². The van der Waals surface area contributed by atoms with Crippen LogP contribution < -0.4 is 4.74 Å². The van der Waals surface area contributed by atoms with E-state index in [0.29, 0.717) is 6.10 Å². The Morgan fingerprint density at radius 1 is 1.27 bits per heavy atom. The van der Waals surface area contributed by atoms with E-state index in [1.165, 1.54) is 36.8 Å². The number of hydrogen-bond donors (Lipinski definition) is 1. The van der Waals surface area contributed by atoms with Crippen LogP contribution in [0.4, 0.5) is 0 Å². The Labute approximate surface area is 132 Å². The number of benzene rings is 1. The molecule has 3 rings (SSSR count). The molecule has 4 heteroatoms. The minimum atomic E-state index is 0.445. The van der Waals surface area contributed by atoms with E-state index in [4.69, 9.17) is 4.74 Å². The average molecular weight is 299 g/mol. The van der Waals surface area contributed by atoms with Crippen molar-refractivity contribution in [2.45, 2.75) is 45.3 Å². The molecule has 118 valence electrons. The van der Waals surface area contributed by atoms with Crippen molar-refractivity contribution in [3.8, 4) is 17.0 Å². The molecule has 0 amide bonds. The normalized spacial score (nSPS) is 14.5. The lowest BCUT2D eigenvalue weighted by Crippen LogP contribution is -2.19. The summed E-state index contributed by atoms with van der Waals surface area (Å²) in [6.45, 7) is 4.27. The largest absolute Gasteiger partial charge is 0.490 e. The van der Waals surface area contributed by atoms with Crippen LogP contribution in [0.3, 0.4) is 0 Å². The first-order chi connectivity index (χ1) is 10.8. The number of aromatic amines is 1. The predicted molar refractivity (Wildman–Crippen MR) is 88.9 cm³/mol. The Bertz CT molecular complexity index is 587. The van der Waals surface area contributed by atoms with Gasteiger partial charge in [-0.3, -0.25) is 5.10 Å². The van der Waals surface area contributed by atoms with E-state index in [-0.39, 0.29) is 0 Å². The molecule has 22 heavy (non-hydrogen) atoms. The smallest absolute Gasteiger partial charge is 0.119 e. The lowest BCUT2D eigenvalue weighted by atomic mass is 10.1. The van der Waals surface area contributed by atoms with Gasteiger partial charge in [-0.05, 0) is 57.1 Å². The van der Waals surface area contributed by atoms with Crippen molar-refractivity contribution >= 4 is 0 Å². The summed E-state index contributed by atoms with van der Waals surface area (Å²) in [6.07, 6.45) is 7.22. The summed E-state index contributed by atoms with van der Waals surface area (Å²) in [7, 11) is 2.17. The second kappa shape index (κ2) is 6.97. The van der Waals surface area contributed by atoms with E-state index in [1.54, 1.807) is 0 Å². The van der Waals surface area contributed by atoms with E-state index >= 15 is 0 Å². The van der Waals surface area contributed by atoms with Crippen LogP contribution in [0.25, 0.3) is 11.3 Å². The number of nitrogens with zero attached hydrogens (tertiary/aromatic N) is 2. The Kier molecular flexibility index (Phi) is 4.78. The molecule has 0 saturated heterocycles. The highest BCUT2D eigenvalue weighted by atomic mass is 16.5. The zero-order valence-electron chi connectivity index (χ0n) is 13.5. The lowest BCUT2D eigenvalue weighted by molar-refractivity contribution is 0.303. The third-order valence-corrected chi connectivity index (χ3v) is 4.02. The van der Waals surface area contributed by atoms with Crippen molar-refractivity contribution in [1.29, 1.82) is 0 Å². The summed E-state index contributed by atoms with van der Waals surface area (Å²) in [5, 5.41) is 7.37. The van der Waals surface area contributed by atoms with Crippen LogP contribution in [0.2, 0.25) is 0 Å². The second-order valence-electron chi connectivity index (χ2n) is 6.20. The van der Waals surface area contributed by atoms with Crippen molar-refractivity contribution in [1.82, 2.24) is 15.1 Å². The number of aromatic nitrogens is 2. The SMILES string of the molecule is CCCCN(C)Cc1cn[nH]c1-c1ccc(OC2CC2)cc1. The van der Waals surface area contributed by atoms with Gasteiger partial charge in [0.1, 0.15) is 5.75 Å². The van der Waals surface area contributed by atoms with Crippen molar-refractivity contribution in [2.24, 2.45) is 0 Å². The van der Waals surface area contributed by atoms with Crippen molar-refractivity contribution in [2.75, 3.05) is 13.6 Å². The molecular formula is C18H25N3O. The van der Waals surface area contributed by atoms with E-state index < -0.39 is 0 Å². The molecule has 4 nitrogen and oxygen atoms in total. The molecule has 1 aliphatic carbocycles. The minimum Gasteiger partial charge on any atom is -0.490 e. The molecule has 0 aliphatic heterocycles. The Morgan fingerprint density at radius 3 is 2.73 bits per heavy atom. The van der Waals surface area contributed by atoms with Gasteiger partial charge in [-0.15, -0.1) is 0 Å². The van der Waals surface area contributed by atoms with Gasteiger partial charge in [-0.2, -0.15) is 5.10 Å². The fraction of sp³-hybridized carbons (Fsp3) is 0.500. The molecule has 1 N–H and O–H groups in total. The highest BCUT2D eigenvalue weighted by Gasteiger charge is 2.23. The molecule has 0 bridgehead atoms. The standard InChI is InChI=1S/C18H25N3O/c1-3-4-11-21(2)13-15-12-19-20-18(15)14-5-7-16(8-6-14)22-17-9-10-17/h5-8,12,17H,3-4,9-11,13H2,1-2H3,(H,19,20). The fourth-order valence-corrected chi connectivity index (χ4v) is 2.56. The van der Waals surface area contributed by atoms with Gasteiger partial charge >= 0.3 is 0 Å². The van der Waals surface area contributed by atoms with Gasteiger partial charge in [0.2, 0.25) is 0 Å². The summed E-state index contributed by atoms with van der Waals surface area (Å²) < 4.78 is 5.80. The molecule has 1 aliphatic rings. The van der Waals surface area contributed by atoms with Crippen LogP contribution in [0.5, 0.6) is 5.75 Å². The summed E-state index contributed by atoms with van der Waals surface area (Å²) in [4.78, 5) is 2.35. The van der Waals surface area contributed by atoms with Crippen LogP contribution in [0, 0.1) is 0 Å². The van der Waals surface area contributed by atoms with Crippen LogP contribution in [0.15, 0.2) is 30.5 Å². The van der Waals surface area contributed by atoms with Gasteiger partial charge < -0.3 is 9.64 Å². The lowest BCUT2D eigenvalue weighted by Gasteiger charge is -2.16. The van der Waals surface area contributed by atoms with Gasteiger partial charge in [0.25, 0.3) is 0 Å². The Morgan fingerprint density at radius 2 is 2.05 bits per heavy atom. The predicted octanol–water partition coefficient (Wildman–Crippen LogP) is 3.85. The van der Waals surface area contributed by atoms with Crippen LogP contribution in [0.1, 0.15) is 38.2 Å². The number of nitrogens with one attached hydrogen (secondary N) is 1. The van der Waals surface area contributed by atoms with Gasteiger partial charge in [-0.25, -0.2) is 0 Å². The summed E-state index contributed by atoms with van der Waals surface area (Å²) in [5.74, 6) is 0.965. The number of hydrogen-bond acceptors (Lipinski definition) is 3. The van der Waals surface area contributed by atoms with E-state index in [1.807, 2.05) is 6.20 Å². The van der Waals surface area contributed by atoms with Crippen molar-refractivity contribution < 1.29 is 4.74 Å². The quantitative estimate of drug-likeness (QED) is 0.805. The van der Waals surface area contributed by atoms with Crippen LogP contribution in [-0.4, -0.2) is 34.8 Å². The highest BCUT2D eigenvalue weighted by Crippen LogP contribution is 2.29. The number of ether oxygens (including phenoxy) is 1. The molecule has 1 aromatic heterocycles. The Hall–Kier alpha value is -1.81. The van der Waals surface area contributed by atoms with Gasteiger partial charge in [0.05, 0.1) is 18.0 Å². The maximum atomic E-state index is 5.80. The number of unbranched alkanes of at least 4 members (excludes halogenated alkanes) is 1. The molecule has 0 radical (unpaired) electrons. The summed E-state index contributed by atoms with van der Waals surface area (Å²) in [6, 6.07) is 8.33. The minimum absolute atomic E-state index is 0.445. The molecular weight excluding hydrogens is 274 g/mol. The molecule has 1 saturated carbocycles. The fourth-order valence-electron chi connectivity index (χ4n) is 2.56. The van der Waals surface area contributed by atoms with Crippen molar-refractivity contribution in [3.05, 3.63) is 36.0 Å². The van der Waals surface area contributed by atoms with E-state index in [9.17, 15) is 0 Å². The Balaban J connectivity index is 1.67.